The van der Waals surface area contributed by atoms with E-state index in [1.54, 1.807) is 13.0 Å². The molecular weight excluding hydrogens is 335 g/mol. The molecule has 19 heavy (non-hydrogen) atoms. The number of amides is 1. The Morgan fingerprint density at radius 3 is 2.79 bits per heavy atom. The number of aryl methyl sites for hydroxylation is 1. The predicted molar refractivity (Wildman–Crippen MR) is 76.0 cm³/mol. The van der Waals surface area contributed by atoms with Crippen LogP contribution in [0.15, 0.2) is 34.9 Å². The van der Waals surface area contributed by atoms with E-state index >= 15 is 0 Å². The number of hydrogen-bond acceptors (Lipinski definition) is 2. The lowest BCUT2D eigenvalue weighted by Crippen LogP contribution is -2.12. The maximum Gasteiger partial charge on any atom is 0.255 e. The molecule has 98 valence electrons. The van der Waals surface area contributed by atoms with Gasteiger partial charge in [0.15, 0.2) is 0 Å². The fourth-order valence-electron chi connectivity index (χ4n) is 1.47. The second-order valence-electron chi connectivity index (χ2n) is 3.91. The van der Waals surface area contributed by atoms with Crippen LogP contribution in [-0.2, 0) is 0 Å². The lowest BCUT2D eigenvalue weighted by Gasteiger charge is -2.07. The Labute approximate surface area is 122 Å². The molecule has 1 aromatic heterocycles. The number of hydrogen-bond donors (Lipinski definition) is 1. The first-order chi connectivity index (χ1) is 8.97. The molecule has 1 amide bonds. The van der Waals surface area contributed by atoms with Gasteiger partial charge in [-0.05, 0) is 52.7 Å². The summed E-state index contributed by atoms with van der Waals surface area (Å²) in [4.78, 5) is 15.8. The fraction of sp³-hybridized carbons (Fsp3) is 0.0769. The molecule has 0 aliphatic carbocycles. The number of nitrogens with zero attached hydrogens (tertiary/aromatic N) is 1. The Kier molecular flexibility index (Phi) is 4.17. The van der Waals surface area contributed by atoms with E-state index in [4.69, 9.17) is 11.6 Å². The molecule has 0 aliphatic heterocycles. The Morgan fingerprint density at radius 2 is 2.16 bits per heavy atom. The third-order valence-electron chi connectivity index (χ3n) is 2.45. The number of carbonyl (C=O) groups excluding carboxylic acids is 1. The van der Waals surface area contributed by atoms with E-state index in [0.29, 0.717) is 15.3 Å². The summed E-state index contributed by atoms with van der Waals surface area (Å²) in [6.07, 6.45) is 1.45. The molecule has 0 aliphatic rings. The van der Waals surface area contributed by atoms with Crippen LogP contribution in [-0.4, -0.2) is 10.9 Å². The first-order valence-corrected chi connectivity index (χ1v) is 6.53. The number of pyridine rings is 1. The van der Waals surface area contributed by atoms with Gasteiger partial charge in [0.25, 0.3) is 5.91 Å². The number of aromatic nitrogens is 1. The van der Waals surface area contributed by atoms with Gasteiger partial charge in [-0.25, -0.2) is 9.37 Å². The van der Waals surface area contributed by atoms with Gasteiger partial charge in [0.1, 0.15) is 11.0 Å². The van der Waals surface area contributed by atoms with Crippen molar-refractivity contribution in [3.05, 3.63) is 57.0 Å². The average molecular weight is 344 g/mol. The van der Waals surface area contributed by atoms with Crippen molar-refractivity contribution in [2.75, 3.05) is 5.32 Å². The number of carbonyl (C=O) groups is 1. The van der Waals surface area contributed by atoms with Crippen molar-refractivity contribution in [2.45, 2.75) is 6.92 Å². The van der Waals surface area contributed by atoms with Crippen molar-refractivity contribution in [3.8, 4) is 0 Å². The molecule has 1 N–H and O–H groups in total. The van der Waals surface area contributed by atoms with E-state index in [0.717, 1.165) is 11.6 Å². The standard InChI is InChI=1S/C13H9BrClFN2O/c1-7-4-9(6-17-12(7)15)18-13(19)8-2-3-10(14)11(16)5-8/h2-6H,1H3,(H,18,19). The van der Waals surface area contributed by atoms with E-state index in [2.05, 4.69) is 26.2 Å². The van der Waals surface area contributed by atoms with Crippen LogP contribution in [0.4, 0.5) is 10.1 Å². The van der Waals surface area contributed by atoms with Crippen molar-refractivity contribution >= 4 is 39.1 Å². The molecule has 3 nitrogen and oxygen atoms in total. The van der Waals surface area contributed by atoms with Gasteiger partial charge in [-0.1, -0.05) is 11.6 Å². The van der Waals surface area contributed by atoms with Crippen LogP contribution < -0.4 is 5.32 Å². The zero-order valence-electron chi connectivity index (χ0n) is 9.88. The molecule has 0 spiro atoms. The van der Waals surface area contributed by atoms with Gasteiger partial charge in [0, 0.05) is 5.56 Å². The van der Waals surface area contributed by atoms with E-state index in [1.165, 1.54) is 18.3 Å². The van der Waals surface area contributed by atoms with E-state index < -0.39 is 11.7 Å². The summed E-state index contributed by atoms with van der Waals surface area (Å²) in [5.74, 6) is -0.895. The second kappa shape index (κ2) is 5.67. The third-order valence-corrected chi connectivity index (χ3v) is 3.49. The minimum absolute atomic E-state index is 0.230. The second-order valence-corrected chi connectivity index (χ2v) is 5.13. The molecular formula is C13H9BrClFN2O. The maximum absolute atomic E-state index is 13.3. The normalized spacial score (nSPS) is 10.3. The van der Waals surface area contributed by atoms with Crippen LogP contribution in [0.25, 0.3) is 0 Å². The van der Waals surface area contributed by atoms with Crippen LogP contribution in [0, 0.1) is 12.7 Å². The number of halogens is 3. The Balaban J connectivity index is 2.20. The van der Waals surface area contributed by atoms with Crippen molar-refractivity contribution in [1.82, 2.24) is 4.98 Å². The Hall–Kier alpha value is -1.46. The first kappa shape index (κ1) is 14.0. The lowest BCUT2D eigenvalue weighted by molar-refractivity contribution is 0.102. The number of benzene rings is 1. The van der Waals surface area contributed by atoms with E-state index in [9.17, 15) is 9.18 Å². The zero-order valence-corrected chi connectivity index (χ0v) is 12.2. The molecule has 2 aromatic rings. The Bertz CT molecular complexity index is 649. The largest absolute Gasteiger partial charge is 0.321 e. The number of anilines is 1. The van der Waals surface area contributed by atoms with E-state index in [-0.39, 0.29) is 5.56 Å². The molecule has 1 heterocycles. The highest BCUT2D eigenvalue weighted by molar-refractivity contribution is 9.10. The molecule has 0 saturated carbocycles. The van der Waals surface area contributed by atoms with Crippen LogP contribution in [0.1, 0.15) is 15.9 Å². The smallest absolute Gasteiger partial charge is 0.255 e. The average Bonchev–Trinajstić information content (AvgIpc) is 2.37. The minimum atomic E-state index is -0.488. The minimum Gasteiger partial charge on any atom is -0.321 e. The van der Waals surface area contributed by atoms with Gasteiger partial charge in [0.2, 0.25) is 0 Å². The summed E-state index contributed by atoms with van der Waals surface area (Å²) in [6.45, 7) is 1.78. The molecule has 2 rings (SSSR count). The molecule has 1 aromatic carbocycles. The van der Waals surface area contributed by atoms with Crippen LogP contribution in [0.2, 0.25) is 5.15 Å². The summed E-state index contributed by atoms with van der Waals surface area (Å²) < 4.78 is 13.7. The first-order valence-electron chi connectivity index (χ1n) is 5.36. The summed E-state index contributed by atoms with van der Waals surface area (Å²) in [5, 5.41) is 3.01. The van der Waals surface area contributed by atoms with Gasteiger partial charge in [0.05, 0.1) is 16.4 Å². The van der Waals surface area contributed by atoms with Crippen LogP contribution in [0.3, 0.4) is 0 Å². The lowest BCUT2D eigenvalue weighted by atomic mass is 10.2. The van der Waals surface area contributed by atoms with E-state index in [1.807, 2.05) is 0 Å². The SMILES string of the molecule is Cc1cc(NC(=O)c2ccc(Br)c(F)c2)cnc1Cl. The molecule has 0 unspecified atom stereocenters. The Morgan fingerprint density at radius 1 is 1.42 bits per heavy atom. The molecule has 0 bridgehead atoms. The van der Waals surface area contributed by atoms with Gasteiger partial charge < -0.3 is 5.32 Å². The zero-order chi connectivity index (χ0) is 14.0. The predicted octanol–water partition coefficient (Wildman–Crippen LogP) is 4.20. The van der Waals surface area contributed by atoms with Crippen LogP contribution >= 0.6 is 27.5 Å². The maximum atomic E-state index is 13.3. The highest BCUT2D eigenvalue weighted by Gasteiger charge is 2.09. The number of nitrogens with one attached hydrogen (secondary N) is 1. The van der Waals surface area contributed by atoms with Crippen molar-refractivity contribution < 1.29 is 9.18 Å². The molecule has 0 saturated heterocycles. The highest BCUT2D eigenvalue weighted by Crippen LogP contribution is 2.19. The molecule has 6 heteroatoms. The summed E-state index contributed by atoms with van der Waals surface area (Å²) in [7, 11) is 0. The van der Waals surface area contributed by atoms with Crippen molar-refractivity contribution in [3.63, 3.8) is 0 Å². The summed E-state index contributed by atoms with van der Waals surface area (Å²) >= 11 is 8.83. The third kappa shape index (κ3) is 3.30. The van der Waals surface area contributed by atoms with Gasteiger partial charge in [-0.2, -0.15) is 0 Å². The molecule has 0 fully saturated rings. The van der Waals surface area contributed by atoms with Gasteiger partial charge >= 0.3 is 0 Å². The van der Waals surface area contributed by atoms with Gasteiger partial charge in [-0.3, -0.25) is 4.79 Å². The fourth-order valence-corrected chi connectivity index (χ4v) is 1.82. The summed E-state index contributed by atoms with van der Waals surface area (Å²) in [6, 6.07) is 5.87. The number of rotatable bonds is 2. The topological polar surface area (TPSA) is 42.0 Å². The molecule has 0 atom stereocenters. The quantitative estimate of drug-likeness (QED) is 0.831. The van der Waals surface area contributed by atoms with Gasteiger partial charge in [-0.15, -0.1) is 0 Å². The van der Waals surface area contributed by atoms with Crippen LogP contribution in [0.5, 0.6) is 0 Å². The monoisotopic (exact) mass is 342 g/mol. The molecule has 0 radical (unpaired) electrons. The summed E-state index contributed by atoms with van der Waals surface area (Å²) in [5.41, 5.74) is 1.49. The highest BCUT2D eigenvalue weighted by atomic mass is 79.9. The van der Waals surface area contributed by atoms with Crippen molar-refractivity contribution in [2.24, 2.45) is 0 Å². The van der Waals surface area contributed by atoms with Crippen molar-refractivity contribution in [1.29, 1.82) is 0 Å².